The van der Waals surface area contributed by atoms with Gasteiger partial charge >= 0.3 is 0 Å². The van der Waals surface area contributed by atoms with Crippen molar-refractivity contribution in [1.29, 1.82) is 0 Å². The predicted molar refractivity (Wildman–Crippen MR) is 35.6 cm³/mol. The van der Waals surface area contributed by atoms with Crippen LogP contribution in [0.4, 0.5) is 0 Å². The summed E-state index contributed by atoms with van der Waals surface area (Å²) in [5, 5.41) is 3.06. The van der Waals surface area contributed by atoms with E-state index < -0.39 is 0 Å². The van der Waals surface area contributed by atoms with Gasteiger partial charge in [0.1, 0.15) is 0 Å². The van der Waals surface area contributed by atoms with E-state index in [1.807, 2.05) is 6.07 Å². The van der Waals surface area contributed by atoms with Gasteiger partial charge in [-0.25, -0.2) is 0 Å². The van der Waals surface area contributed by atoms with Gasteiger partial charge in [0.2, 0.25) is 0 Å². The number of ether oxygens (including phenoxy) is 1. The smallest absolute Gasteiger partial charge is 0.173 e. The van der Waals surface area contributed by atoms with Gasteiger partial charge in [-0.3, -0.25) is 0 Å². The normalized spacial score (nSPS) is 9.25. The lowest BCUT2D eigenvalue weighted by atomic mass is 10.4. The highest BCUT2D eigenvalue weighted by Gasteiger charge is 1.90. The molecule has 0 saturated heterocycles. The summed E-state index contributed by atoms with van der Waals surface area (Å²) in [5.74, 6) is 0. The van der Waals surface area contributed by atoms with Gasteiger partial charge < -0.3 is 4.74 Å². The van der Waals surface area contributed by atoms with E-state index in [4.69, 9.17) is 4.74 Å². The number of thiophene rings is 1. The lowest BCUT2D eigenvalue weighted by Crippen LogP contribution is -1.73. The third-order valence-corrected chi connectivity index (χ3v) is 1.91. The highest BCUT2D eigenvalue weighted by Crippen LogP contribution is 2.20. The monoisotopic (exact) mass is 128 g/mol. The van der Waals surface area contributed by atoms with E-state index in [0.717, 1.165) is 5.06 Å². The lowest BCUT2D eigenvalue weighted by molar-refractivity contribution is 0.427. The summed E-state index contributed by atoms with van der Waals surface area (Å²) in [5.41, 5.74) is 1.27. The van der Waals surface area contributed by atoms with Crippen LogP contribution in [0.3, 0.4) is 0 Å². The van der Waals surface area contributed by atoms with E-state index in [1.54, 1.807) is 18.4 Å². The van der Waals surface area contributed by atoms with Crippen molar-refractivity contribution in [3.63, 3.8) is 0 Å². The molecule has 0 amide bonds. The van der Waals surface area contributed by atoms with Crippen LogP contribution in [0.1, 0.15) is 5.56 Å². The highest BCUT2D eigenvalue weighted by atomic mass is 32.1. The molecule has 0 atom stereocenters. The van der Waals surface area contributed by atoms with Crippen molar-refractivity contribution in [3.8, 4) is 5.06 Å². The molecule has 0 aromatic carbocycles. The maximum atomic E-state index is 4.95. The molecule has 44 valence electrons. The minimum absolute atomic E-state index is 0.988. The Labute approximate surface area is 52.9 Å². The second kappa shape index (κ2) is 2.18. The molecule has 0 fully saturated rings. The summed E-state index contributed by atoms with van der Waals surface area (Å²) in [4.78, 5) is 0. The SMILES string of the molecule is COc1cc(C)cs1. The minimum Gasteiger partial charge on any atom is -0.487 e. The lowest BCUT2D eigenvalue weighted by Gasteiger charge is -1.86. The molecule has 0 aliphatic rings. The number of hydrogen-bond acceptors (Lipinski definition) is 2. The van der Waals surface area contributed by atoms with E-state index in [-0.39, 0.29) is 0 Å². The van der Waals surface area contributed by atoms with E-state index in [9.17, 15) is 0 Å². The zero-order valence-corrected chi connectivity index (χ0v) is 5.79. The topological polar surface area (TPSA) is 9.23 Å². The summed E-state index contributed by atoms with van der Waals surface area (Å²) < 4.78 is 4.95. The van der Waals surface area contributed by atoms with E-state index >= 15 is 0 Å². The predicted octanol–water partition coefficient (Wildman–Crippen LogP) is 2.07. The minimum atomic E-state index is 0.988. The highest BCUT2D eigenvalue weighted by molar-refractivity contribution is 7.11. The van der Waals surface area contributed by atoms with Gasteiger partial charge in [0.05, 0.1) is 7.11 Å². The Morgan fingerprint density at radius 1 is 1.62 bits per heavy atom. The van der Waals surface area contributed by atoms with Crippen LogP contribution in [0.15, 0.2) is 11.4 Å². The summed E-state index contributed by atoms with van der Waals surface area (Å²) in [6.45, 7) is 2.05. The van der Waals surface area contributed by atoms with Crippen LogP contribution in [0.2, 0.25) is 0 Å². The Morgan fingerprint density at radius 2 is 2.38 bits per heavy atom. The summed E-state index contributed by atoms with van der Waals surface area (Å²) in [7, 11) is 1.69. The first kappa shape index (κ1) is 5.63. The quantitative estimate of drug-likeness (QED) is 0.562. The van der Waals surface area contributed by atoms with Crippen molar-refractivity contribution < 1.29 is 4.74 Å². The van der Waals surface area contributed by atoms with E-state index in [0.29, 0.717) is 0 Å². The standard InChI is InChI=1S/C6H8OS/c1-5-3-6(7-2)8-4-5/h3-4H,1-2H3. The fourth-order valence-corrected chi connectivity index (χ4v) is 1.23. The Balaban J connectivity index is 2.84. The molecule has 0 saturated carbocycles. The van der Waals surface area contributed by atoms with E-state index in [2.05, 4.69) is 12.3 Å². The van der Waals surface area contributed by atoms with Crippen LogP contribution < -0.4 is 4.74 Å². The third-order valence-electron chi connectivity index (χ3n) is 0.908. The van der Waals surface area contributed by atoms with Crippen molar-refractivity contribution >= 4 is 11.3 Å². The molecule has 0 spiro atoms. The molecule has 1 heterocycles. The van der Waals surface area contributed by atoms with Crippen LogP contribution >= 0.6 is 11.3 Å². The molecule has 8 heavy (non-hydrogen) atoms. The van der Waals surface area contributed by atoms with Gasteiger partial charge in [-0.1, -0.05) is 0 Å². The largest absolute Gasteiger partial charge is 0.487 e. The molecule has 0 unspecified atom stereocenters. The Kier molecular flexibility index (Phi) is 1.53. The molecule has 0 bridgehead atoms. The Bertz CT molecular complexity index is 169. The van der Waals surface area contributed by atoms with Crippen LogP contribution in [0.25, 0.3) is 0 Å². The van der Waals surface area contributed by atoms with Gasteiger partial charge in [0.25, 0.3) is 0 Å². The van der Waals surface area contributed by atoms with Gasteiger partial charge in [-0.2, -0.15) is 0 Å². The first-order valence-electron chi connectivity index (χ1n) is 2.42. The number of aryl methyl sites for hydroxylation is 1. The maximum Gasteiger partial charge on any atom is 0.173 e. The van der Waals surface area contributed by atoms with Gasteiger partial charge in [0, 0.05) is 0 Å². The van der Waals surface area contributed by atoms with Crippen LogP contribution in [0, 0.1) is 6.92 Å². The average Bonchev–Trinajstić information content (AvgIpc) is 2.14. The fraction of sp³-hybridized carbons (Fsp3) is 0.333. The van der Waals surface area contributed by atoms with E-state index in [1.165, 1.54) is 5.56 Å². The first-order chi connectivity index (χ1) is 3.83. The molecule has 0 aliphatic heterocycles. The molecular formula is C6H8OS. The Morgan fingerprint density at radius 3 is 2.62 bits per heavy atom. The molecule has 1 aromatic rings. The first-order valence-corrected chi connectivity index (χ1v) is 3.30. The number of hydrogen-bond donors (Lipinski definition) is 0. The average molecular weight is 128 g/mol. The zero-order chi connectivity index (χ0) is 5.98. The Hall–Kier alpha value is -0.500. The van der Waals surface area contributed by atoms with Crippen molar-refractivity contribution in [2.45, 2.75) is 6.92 Å². The molecule has 2 heteroatoms. The van der Waals surface area contributed by atoms with Gasteiger partial charge in [0.15, 0.2) is 5.06 Å². The molecule has 0 aliphatic carbocycles. The maximum absolute atomic E-state index is 4.95. The second-order valence-corrected chi connectivity index (χ2v) is 2.52. The zero-order valence-electron chi connectivity index (χ0n) is 4.97. The van der Waals surface area contributed by atoms with Crippen molar-refractivity contribution in [2.24, 2.45) is 0 Å². The summed E-state index contributed by atoms with van der Waals surface area (Å²) >= 11 is 1.63. The number of methoxy groups -OCH3 is 1. The number of rotatable bonds is 1. The molecule has 1 nitrogen and oxygen atoms in total. The fourth-order valence-electron chi connectivity index (χ4n) is 0.512. The van der Waals surface area contributed by atoms with Crippen molar-refractivity contribution in [2.75, 3.05) is 7.11 Å². The summed E-state index contributed by atoms with van der Waals surface area (Å²) in [6, 6.07) is 2.02. The van der Waals surface area contributed by atoms with Crippen molar-refractivity contribution in [3.05, 3.63) is 17.0 Å². The summed E-state index contributed by atoms with van der Waals surface area (Å²) in [6.07, 6.45) is 0. The molecule has 1 rings (SSSR count). The molecule has 0 N–H and O–H groups in total. The third kappa shape index (κ3) is 1.01. The second-order valence-electron chi connectivity index (χ2n) is 1.65. The molecule has 0 radical (unpaired) electrons. The van der Waals surface area contributed by atoms with Crippen LogP contribution in [-0.4, -0.2) is 7.11 Å². The van der Waals surface area contributed by atoms with Crippen LogP contribution in [-0.2, 0) is 0 Å². The van der Waals surface area contributed by atoms with Gasteiger partial charge in [-0.05, 0) is 23.9 Å². The van der Waals surface area contributed by atoms with Gasteiger partial charge in [-0.15, -0.1) is 11.3 Å². The molecule has 1 aromatic heterocycles. The molecular weight excluding hydrogens is 120 g/mol. The van der Waals surface area contributed by atoms with Crippen LogP contribution in [0.5, 0.6) is 5.06 Å². The van der Waals surface area contributed by atoms with Crippen molar-refractivity contribution in [1.82, 2.24) is 0 Å².